The molecule has 1 fully saturated rings. The van der Waals surface area contributed by atoms with Crippen molar-refractivity contribution in [2.75, 3.05) is 0 Å². The van der Waals surface area contributed by atoms with Crippen molar-refractivity contribution in [2.45, 2.75) is 47.2 Å². The van der Waals surface area contributed by atoms with E-state index in [0.717, 1.165) is 10.5 Å². The van der Waals surface area contributed by atoms with Crippen molar-refractivity contribution in [1.82, 2.24) is 10.2 Å². The van der Waals surface area contributed by atoms with E-state index in [-0.39, 0.29) is 30.6 Å². The first kappa shape index (κ1) is 18.0. The number of carbonyl (C=O) groups is 3. The molecule has 2 rings (SSSR count). The fourth-order valence-electron chi connectivity index (χ4n) is 2.88. The van der Waals surface area contributed by atoms with Crippen LogP contribution in [-0.2, 0) is 20.9 Å². The van der Waals surface area contributed by atoms with Gasteiger partial charge in [0, 0.05) is 0 Å². The molecular formula is C17H24N2O3Sn. The van der Waals surface area contributed by atoms with Crippen LogP contribution in [0.2, 0.25) is 14.8 Å². The van der Waals surface area contributed by atoms with Crippen molar-refractivity contribution >= 4 is 39.7 Å². The van der Waals surface area contributed by atoms with Gasteiger partial charge in [-0.3, -0.25) is 0 Å². The predicted octanol–water partition coefficient (Wildman–Crippen LogP) is 1.39. The van der Waals surface area contributed by atoms with Gasteiger partial charge < -0.3 is 0 Å². The average Bonchev–Trinajstić information content (AvgIpc) is 2.82. The summed E-state index contributed by atoms with van der Waals surface area (Å²) in [6.45, 7) is 2.04. The van der Waals surface area contributed by atoms with E-state index < -0.39 is 24.4 Å². The summed E-state index contributed by atoms with van der Waals surface area (Å²) < 4.78 is 1.38. The molecule has 1 aliphatic rings. The summed E-state index contributed by atoms with van der Waals surface area (Å²) in [6, 6.07) is 7.44. The van der Waals surface area contributed by atoms with Crippen LogP contribution < -0.4 is 8.90 Å². The fraction of sp³-hybridized carbons (Fsp3) is 0.471. The van der Waals surface area contributed by atoms with Gasteiger partial charge in [0.25, 0.3) is 0 Å². The van der Waals surface area contributed by atoms with Crippen LogP contribution in [0, 0.1) is 0 Å². The Morgan fingerprint density at radius 1 is 1.17 bits per heavy atom. The third kappa shape index (κ3) is 4.13. The van der Waals surface area contributed by atoms with Crippen LogP contribution in [0.1, 0.15) is 25.3 Å². The maximum atomic E-state index is 12.3. The van der Waals surface area contributed by atoms with Crippen molar-refractivity contribution in [3.05, 3.63) is 29.8 Å². The number of hydrogen-bond donors (Lipinski definition) is 1. The van der Waals surface area contributed by atoms with E-state index in [1.165, 1.54) is 3.58 Å². The van der Waals surface area contributed by atoms with Crippen LogP contribution in [0.5, 0.6) is 0 Å². The number of likely N-dealkylation sites (tertiary alicyclic amines) is 1. The molecule has 1 heterocycles. The van der Waals surface area contributed by atoms with Crippen LogP contribution in [-0.4, -0.2) is 47.0 Å². The first-order chi connectivity index (χ1) is 10.7. The second-order valence-electron chi connectivity index (χ2n) is 6.96. The number of rotatable bonds is 5. The van der Waals surface area contributed by atoms with E-state index in [4.69, 9.17) is 0 Å². The van der Waals surface area contributed by atoms with Gasteiger partial charge in [0.2, 0.25) is 0 Å². The molecule has 1 aromatic carbocycles. The molecule has 0 bridgehead atoms. The van der Waals surface area contributed by atoms with Gasteiger partial charge >= 0.3 is 141 Å². The van der Waals surface area contributed by atoms with Crippen molar-refractivity contribution in [2.24, 2.45) is 0 Å². The molecule has 6 heteroatoms. The minimum atomic E-state index is -2.25. The second kappa shape index (κ2) is 7.03. The van der Waals surface area contributed by atoms with Crippen molar-refractivity contribution < 1.29 is 14.4 Å². The van der Waals surface area contributed by atoms with E-state index in [0.29, 0.717) is 6.54 Å². The van der Waals surface area contributed by atoms with E-state index in [1.807, 2.05) is 18.2 Å². The molecule has 1 N–H and O–H groups in total. The Morgan fingerprint density at radius 2 is 1.74 bits per heavy atom. The molecule has 1 saturated heterocycles. The summed E-state index contributed by atoms with van der Waals surface area (Å²) in [5.41, 5.74) is 1.13. The predicted molar refractivity (Wildman–Crippen MR) is 91.8 cm³/mol. The van der Waals surface area contributed by atoms with E-state index in [9.17, 15) is 14.4 Å². The Balaban J connectivity index is 2.05. The van der Waals surface area contributed by atoms with Crippen molar-refractivity contribution in [3.8, 4) is 0 Å². The molecule has 23 heavy (non-hydrogen) atoms. The second-order valence-corrected chi connectivity index (χ2v) is 21.3. The number of nitrogens with one attached hydrogen (secondary N) is 1. The number of nitrogens with zero attached hydrogens (tertiary/aromatic N) is 1. The van der Waals surface area contributed by atoms with Gasteiger partial charge in [-0.1, -0.05) is 0 Å². The molecule has 0 spiro atoms. The Hall–Kier alpha value is -1.37. The molecule has 0 aliphatic carbocycles. The standard InChI is InChI=1S/C14H15N2O3.3CH3.Sn/c1-10(16-12(17)7-8-13(16)18)14(19)15-9-11-5-3-2-4-6-11;;;;/h2-5,10H,7-9H2,1H3,(H,15,19);3*1H3;. The molecule has 1 unspecified atom stereocenters. The molecule has 0 saturated carbocycles. The van der Waals surface area contributed by atoms with Crippen LogP contribution in [0.3, 0.4) is 0 Å². The van der Waals surface area contributed by atoms with E-state index >= 15 is 0 Å². The summed E-state index contributed by atoms with van der Waals surface area (Å²) >= 11 is -2.25. The van der Waals surface area contributed by atoms with Crippen molar-refractivity contribution in [1.29, 1.82) is 0 Å². The number of amides is 3. The van der Waals surface area contributed by atoms with Gasteiger partial charge in [-0.15, -0.1) is 0 Å². The number of imide groups is 1. The molecule has 0 aromatic heterocycles. The van der Waals surface area contributed by atoms with Crippen LogP contribution in [0.25, 0.3) is 0 Å². The fourth-order valence-corrected chi connectivity index (χ4v) is 7.82. The third-order valence-corrected chi connectivity index (χ3v) is 10.1. The summed E-state index contributed by atoms with van der Waals surface area (Å²) in [5, 5.41) is 2.88. The van der Waals surface area contributed by atoms with Gasteiger partial charge in [0.15, 0.2) is 0 Å². The zero-order chi connectivity index (χ0) is 17.2. The summed E-state index contributed by atoms with van der Waals surface area (Å²) in [6.07, 6.45) is 0.412. The SMILES string of the molecule is CC(C(=O)NCc1cccc[c]1[Sn]([CH3])([CH3])[CH3])N1C(=O)CCC1=O. The van der Waals surface area contributed by atoms with Crippen LogP contribution in [0.15, 0.2) is 24.3 Å². The summed E-state index contributed by atoms with van der Waals surface area (Å²) in [5.74, 6) is -0.805. The van der Waals surface area contributed by atoms with Gasteiger partial charge in [0.05, 0.1) is 0 Å². The summed E-state index contributed by atoms with van der Waals surface area (Å²) in [7, 11) is 0. The van der Waals surface area contributed by atoms with E-state index in [2.05, 4.69) is 26.2 Å². The first-order valence-corrected chi connectivity index (χ1v) is 17.9. The Kier molecular flexibility index (Phi) is 5.49. The quantitative estimate of drug-likeness (QED) is 0.575. The number of benzene rings is 1. The number of carbonyl (C=O) groups excluding carboxylic acids is 3. The monoisotopic (exact) mass is 424 g/mol. The van der Waals surface area contributed by atoms with Gasteiger partial charge in [-0.2, -0.15) is 0 Å². The van der Waals surface area contributed by atoms with Gasteiger partial charge in [-0.05, 0) is 0 Å². The van der Waals surface area contributed by atoms with Crippen LogP contribution >= 0.6 is 0 Å². The molecule has 1 aliphatic heterocycles. The topological polar surface area (TPSA) is 66.5 Å². The average molecular weight is 423 g/mol. The Bertz CT molecular complexity index is 621. The minimum absolute atomic E-state index is 0.206. The third-order valence-electron chi connectivity index (χ3n) is 4.14. The first-order valence-electron chi connectivity index (χ1n) is 7.93. The molecule has 1 atom stereocenters. The van der Waals surface area contributed by atoms with E-state index in [1.54, 1.807) is 6.92 Å². The zero-order valence-electron chi connectivity index (χ0n) is 14.2. The zero-order valence-corrected chi connectivity index (χ0v) is 17.0. The summed E-state index contributed by atoms with van der Waals surface area (Å²) in [4.78, 5) is 43.8. The number of hydrogen-bond acceptors (Lipinski definition) is 3. The molecule has 0 radical (unpaired) electrons. The van der Waals surface area contributed by atoms with Crippen LogP contribution in [0.4, 0.5) is 0 Å². The van der Waals surface area contributed by atoms with Gasteiger partial charge in [0.1, 0.15) is 0 Å². The molecule has 5 nitrogen and oxygen atoms in total. The normalized spacial score (nSPS) is 16.6. The maximum absolute atomic E-state index is 12.3. The van der Waals surface area contributed by atoms with Crippen molar-refractivity contribution in [3.63, 3.8) is 0 Å². The molecule has 1 aromatic rings. The molecule has 124 valence electrons. The Morgan fingerprint density at radius 3 is 2.30 bits per heavy atom. The Labute approximate surface area is 141 Å². The van der Waals surface area contributed by atoms with Gasteiger partial charge in [-0.25, -0.2) is 0 Å². The molecular weight excluding hydrogens is 399 g/mol. The molecule has 3 amide bonds.